The van der Waals surface area contributed by atoms with Crippen LogP contribution < -0.4 is 10.6 Å². The first-order valence-corrected chi connectivity index (χ1v) is 6.75. The van der Waals surface area contributed by atoms with E-state index in [1.54, 1.807) is 0 Å². The van der Waals surface area contributed by atoms with E-state index in [0.29, 0.717) is 6.54 Å². The number of para-hydroxylation sites is 1. The Morgan fingerprint density at radius 2 is 2.12 bits per heavy atom. The van der Waals surface area contributed by atoms with Gasteiger partial charge >= 0.3 is 0 Å². The zero-order valence-electron chi connectivity index (χ0n) is 10.5. The summed E-state index contributed by atoms with van der Waals surface area (Å²) in [5.74, 6) is 0. The summed E-state index contributed by atoms with van der Waals surface area (Å²) in [5, 5.41) is 0. The van der Waals surface area contributed by atoms with Gasteiger partial charge in [0.15, 0.2) is 0 Å². The lowest BCUT2D eigenvalue weighted by Gasteiger charge is -2.35. The Morgan fingerprint density at radius 3 is 2.65 bits per heavy atom. The number of rotatable bonds is 3. The second-order valence-corrected chi connectivity index (χ2v) is 5.80. The van der Waals surface area contributed by atoms with Crippen molar-refractivity contribution >= 4 is 21.6 Å². The summed E-state index contributed by atoms with van der Waals surface area (Å²) in [6, 6.07) is 8.38. The van der Waals surface area contributed by atoms with Gasteiger partial charge in [0.05, 0.1) is 11.2 Å². The van der Waals surface area contributed by atoms with E-state index >= 15 is 0 Å². The fraction of sp³-hybridized carbons (Fsp3) is 0.538. The van der Waals surface area contributed by atoms with Crippen LogP contribution in [0.4, 0.5) is 5.69 Å². The minimum atomic E-state index is 0.120. The van der Waals surface area contributed by atoms with E-state index in [2.05, 4.69) is 58.0 Å². The molecule has 4 heteroatoms. The van der Waals surface area contributed by atoms with Gasteiger partial charge in [0.25, 0.3) is 0 Å². The highest BCUT2D eigenvalue weighted by Gasteiger charge is 2.39. The molecule has 1 atom stereocenters. The summed E-state index contributed by atoms with van der Waals surface area (Å²) >= 11 is 3.62. The smallest absolute Gasteiger partial charge is 0.0518 e. The monoisotopic (exact) mass is 297 g/mol. The number of hydrogen-bond acceptors (Lipinski definition) is 3. The second kappa shape index (κ2) is 4.96. The van der Waals surface area contributed by atoms with Gasteiger partial charge in [-0.05, 0) is 48.6 Å². The molecule has 3 nitrogen and oxygen atoms in total. The zero-order chi connectivity index (χ0) is 12.5. The van der Waals surface area contributed by atoms with Gasteiger partial charge in [0, 0.05) is 24.1 Å². The van der Waals surface area contributed by atoms with Crippen molar-refractivity contribution in [3.05, 3.63) is 28.7 Å². The van der Waals surface area contributed by atoms with Crippen LogP contribution in [-0.4, -0.2) is 44.2 Å². The number of nitrogens with two attached hydrogens (primary N) is 1. The highest BCUT2D eigenvalue weighted by atomic mass is 79.9. The van der Waals surface area contributed by atoms with Crippen LogP contribution in [0.1, 0.15) is 6.42 Å². The molecule has 1 aliphatic rings. The molecule has 2 rings (SSSR count). The molecule has 1 aromatic rings. The minimum Gasteiger partial charge on any atom is -0.369 e. The third-order valence-electron chi connectivity index (χ3n) is 3.85. The number of nitrogens with zero attached hydrogens (tertiary/aromatic N) is 2. The lowest BCUT2D eigenvalue weighted by molar-refractivity contribution is 0.184. The Labute approximate surface area is 112 Å². The maximum atomic E-state index is 5.97. The molecule has 94 valence electrons. The van der Waals surface area contributed by atoms with Crippen LogP contribution in [0.3, 0.4) is 0 Å². The Hall–Kier alpha value is -0.580. The van der Waals surface area contributed by atoms with E-state index in [9.17, 15) is 0 Å². The van der Waals surface area contributed by atoms with Crippen LogP contribution >= 0.6 is 15.9 Å². The molecule has 1 fully saturated rings. The Kier molecular flexibility index (Phi) is 3.76. The Bertz CT molecular complexity index is 394. The molecule has 17 heavy (non-hydrogen) atoms. The highest BCUT2D eigenvalue weighted by molar-refractivity contribution is 9.10. The molecule has 0 radical (unpaired) electrons. The van der Waals surface area contributed by atoms with E-state index in [-0.39, 0.29) is 5.54 Å². The van der Waals surface area contributed by atoms with Crippen LogP contribution in [0.2, 0.25) is 0 Å². The normalized spacial score (nSPS) is 24.6. The van der Waals surface area contributed by atoms with Gasteiger partial charge in [-0.15, -0.1) is 0 Å². The molecule has 1 heterocycles. The van der Waals surface area contributed by atoms with Crippen LogP contribution in [0.15, 0.2) is 28.7 Å². The molecule has 1 aromatic carbocycles. The number of hydrogen-bond donors (Lipinski definition) is 1. The lowest BCUT2D eigenvalue weighted by atomic mass is 9.97. The standard InChI is InChI=1S/C13H20BrN3/c1-16(2)13(9-15)7-8-17(10-13)12-6-4-3-5-11(12)14/h3-6H,7-10,15H2,1-2H3. The van der Waals surface area contributed by atoms with Crippen LogP contribution in [0, 0.1) is 0 Å². The molecule has 0 aromatic heterocycles. The summed E-state index contributed by atoms with van der Waals surface area (Å²) in [6.07, 6.45) is 1.12. The van der Waals surface area contributed by atoms with Crippen molar-refractivity contribution in [2.75, 3.05) is 38.6 Å². The maximum Gasteiger partial charge on any atom is 0.0518 e. The van der Waals surface area contributed by atoms with E-state index < -0.39 is 0 Å². The first-order chi connectivity index (χ1) is 8.09. The Balaban J connectivity index is 2.20. The summed E-state index contributed by atoms with van der Waals surface area (Å²) in [7, 11) is 4.24. The fourth-order valence-corrected chi connectivity index (χ4v) is 3.02. The van der Waals surface area contributed by atoms with E-state index in [4.69, 9.17) is 5.73 Å². The van der Waals surface area contributed by atoms with Crippen molar-refractivity contribution in [3.63, 3.8) is 0 Å². The minimum absolute atomic E-state index is 0.120. The van der Waals surface area contributed by atoms with Gasteiger partial charge in [-0.1, -0.05) is 12.1 Å². The van der Waals surface area contributed by atoms with E-state index in [0.717, 1.165) is 24.0 Å². The molecule has 2 N–H and O–H groups in total. The van der Waals surface area contributed by atoms with Crippen molar-refractivity contribution in [2.45, 2.75) is 12.0 Å². The van der Waals surface area contributed by atoms with Crippen molar-refractivity contribution in [3.8, 4) is 0 Å². The quantitative estimate of drug-likeness (QED) is 0.925. The molecule has 1 aliphatic heterocycles. The summed E-state index contributed by atoms with van der Waals surface area (Å²) < 4.78 is 1.16. The maximum absolute atomic E-state index is 5.97. The summed E-state index contributed by atoms with van der Waals surface area (Å²) in [6.45, 7) is 2.78. The molecular formula is C13H20BrN3. The number of halogens is 1. The molecule has 0 bridgehead atoms. The first kappa shape index (κ1) is 12.9. The molecule has 1 unspecified atom stereocenters. The van der Waals surface area contributed by atoms with Crippen LogP contribution in [0.25, 0.3) is 0 Å². The van der Waals surface area contributed by atoms with Crippen molar-refractivity contribution < 1.29 is 0 Å². The van der Waals surface area contributed by atoms with Gasteiger partial charge < -0.3 is 15.5 Å². The van der Waals surface area contributed by atoms with Gasteiger partial charge in [0.2, 0.25) is 0 Å². The molecule has 0 amide bonds. The molecular weight excluding hydrogens is 278 g/mol. The third kappa shape index (κ3) is 2.34. The predicted octanol–water partition coefficient (Wildman–Crippen LogP) is 1.92. The average Bonchev–Trinajstić information content (AvgIpc) is 2.75. The summed E-state index contributed by atoms with van der Waals surface area (Å²) in [4.78, 5) is 4.68. The number of anilines is 1. The molecule has 0 saturated carbocycles. The van der Waals surface area contributed by atoms with Gasteiger partial charge in [-0.3, -0.25) is 0 Å². The van der Waals surface area contributed by atoms with Crippen molar-refractivity contribution in [1.82, 2.24) is 4.90 Å². The molecule has 1 saturated heterocycles. The van der Waals surface area contributed by atoms with E-state index in [1.807, 2.05) is 6.07 Å². The predicted molar refractivity (Wildman–Crippen MR) is 76.4 cm³/mol. The zero-order valence-corrected chi connectivity index (χ0v) is 12.1. The number of benzene rings is 1. The SMILES string of the molecule is CN(C)C1(CN)CCN(c2ccccc2Br)C1. The third-order valence-corrected chi connectivity index (χ3v) is 4.52. The van der Waals surface area contributed by atoms with E-state index in [1.165, 1.54) is 5.69 Å². The van der Waals surface area contributed by atoms with Crippen LogP contribution in [0.5, 0.6) is 0 Å². The lowest BCUT2D eigenvalue weighted by Crippen LogP contribution is -2.52. The van der Waals surface area contributed by atoms with Gasteiger partial charge in [-0.2, -0.15) is 0 Å². The first-order valence-electron chi connectivity index (χ1n) is 5.96. The fourth-order valence-electron chi connectivity index (χ4n) is 2.48. The summed E-state index contributed by atoms with van der Waals surface area (Å²) in [5.41, 5.74) is 7.36. The molecule has 0 spiro atoms. The largest absolute Gasteiger partial charge is 0.369 e. The average molecular weight is 298 g/mol. The number of likely N-dealkylation sites (N-methyl/N-ethyl adjacent to an activating group) is 1. The highest BCUT2D eigenvalue weighted by Crippen LogP contribution is 2.33. The van der Waals surface area contributed by atoms with Crippen molar-refractivity contribution in [1.29, 1.82) is 0 Å². The van der Waals surface area contributed by atoms with Gasteiger partial charge in [-0.25, -0.2) is 0 Å². The van der Waals surface area contributed by atoms with Crippen LogP contribution in [-0.2, 0) is 0 Å². The van der Waals surface area contributed by atoms with Crippen molar-refractivity contribution in [2.24, 2.45) is 5.73 Å². The second-order valence-electron chi connectivity index (χ2n) is 4.95. The Morgan fingerprint density at radius 1 is 1.41 bits per heavy atom. The topological polar surface area (TPSA) is 32.5 Å². The van der Waals surface area contributed by atoms with Gasteiger partial charge in [0.1, 0.15) is 0 Å². The molecule has 0 aliphatic carbocycles.